The molecule has 0 spiro atoms. The van der Waals surface area contributed by atoms with Gasteiger partial charge in [-0.3, -0.25) is 4.79 Å². The summed E-state index contributed by atoms with van der Waals surface area (Å²) in [4.78, 5) is 12.6. The van der Waals surface area contributed by atoms with Crippen molar-refractivity contribution in [2.24, 2.45) is 0 Å². The van der Waals surface area contributed by atoms with Crippen LogP contribution in [0, 0.1) is 0 Å². The molecule has 1 aliphatic rings. The van der Waals surface area contributed by atoms with Crippen molar-refractivity contribution in [3.8, 4) is 0 Å². The summed E-state index contributed by atoms with van der Waals surface area (Å²) in [5.74, 6) is 0.242. The number of hydrogen-bond acceptors (Lipinski definition) is 3. The van der Waals surface area contributed by atoms with Crippen molar-refractivity contribution < 1.29 is 14.0 Å². The Morgan fingerprint density at radius 3 is 2.50 bits per heavy atom. The Hall–Kier alpha value is 0.0269. The summed E-state index contributed by atoms with van der Waals surface area (Å²) in [6.45, 7) is 17.1. The van der Waals surface area contributed by atoms with Crippen LogP contribution in [0.5, 0.6) is 0 Å². The van der Waals surface area contributed by atoms with Gasteiger partial charge in [0.1, 0.15) is 5.78 Å². The molecule has 4 atom stereocenters. The van der Waals surface area contributed by atoms with Crippen molar-refractivity contribution in [3.63, 3.8) is 0 Å². The summed E-state index contributed by atoms with van der Waals surface area (Å²) >= 11 is 3.76. The maximum absolute atomic E-state index is 12.3. The minimum absolute atomic E-state index is 0.00857. The highest BCUT2D eigenvalue weighted by Crippen LogP contribution is 2.40. The largest absolute Gasteiger partial charge is 0.411 e. The van der Waals surface area contributed by atoms with Crippen molar-refractivity contribution >= 4 is 30.0 Å². The predicted molar refractivity (Wildman–Crippen MR) is 107 cm³/mol. The first-order chi connectivity index (χ1) is 11.0. The average molecular weight is 419 g/mol. The summed E-state index contributed by atoms with van der Waals surface area (Å²) in [6.07, 6.45) is 5.39. The molecular weight excluding hydrogens is 384 g/mol. The van der Waals surface area contributed by atoms with Gasteiger partial charge in [-0.05, 0) is 37.4 Å². The van der Waals surface area contributed by atoms with Gasteiger partial charge in [0, 0.05) is 17.7 Å². The molecule has 0 saturated carbocycles. The van der Waals surface area contributed by atoms with E-state index in [2.05, 4.69) is 63.3 Å². The van der Waals surface area contributed by atoms with Gasteiger partial charge in [-0.25, -0.2) is 0 Å². The van der Waals surface area contributed by atoms with Crippen LogP contribution in [0.2, 0.25) is 18.1 Å². The van der Waals surface area contributed by atoms with E-state index in [0.29, 0.717) is 12.8 Å². The predicted octanol–water partition coefficient (Wildman–Crippen LogP) is 5.63. The molecule has 3 nitrogen and oxygen atoms in total. The summed E-state index contributed by atoms with van der Waals surface area (Å²) < 4.78 is 12.9. The lowest BCUT2D eigenvalue weighted by Crippen LogP contribution is -2.53. The third kappa shape index (κ3) is 6.08. The van der Waals surface area contributed by atoms with Crippen LogP contribution in [-0.2, 0) is 14.0 Å². The Bertz CT molecular complexity index is 431. The lowest BCUT2D eigenvalue weighted by molar-refractivity contribution is -0.135. The topological polar surface area (TPSA) is 35.5 Å². The zero-order valence-corrected chi connectivity index (χ0v) is 18.8. The molecule has 0 aromatic rings. The maximum atomic E-state index is 12.3. The molecule has 1 aliphatic heterocycles. The van der Waals surface area contributed by atoms with Crippen molar-refractivity contribution in [1.29, 1.82) is 0 Å². The van der Waals surface area contributed by atoms with Gasteiger partial charge < -0.3 is 9.16 Å². The molecule has 1 heterocycles. The summed E-state index contributed by atoms with van der Waals surface area (Å²) in [5.41, 5.74) is 0. The van der Waals surface area contributed by atoms with Crippen LogP contribution in [0.1, 0.15) is 59.8 Å². The Balaban J connectivity index is 2.87. The van der Waals surface area contributed by atoms with Crippen LogP contribution in [0.25, 0.3) is 0 Å². The fourth-order valence-electron chi connectivity index (χ4n) is 2.72. The van der Waals surface area contributed by atoms with Crippen LogP contribution in [0.4, 0.5) is 0 Å². The van der Waals surface area contributed by atoms with Gasteiger partial charge in [-0.1, -0.05) is 49.7 Å². The minimum Gasteiger partial charge on any atom is -0.411 e. The first kappa shape index (κ1) is 22.1. The number of carbonyl (C=O) groups excluding carboxylic acids is 1. The normalized spacial score (nSPS) is 28.6. The molecule has 0 aliphatic carbocycles. The zero-order valence-electron chi connectivity index (χ0n) is 16.2. The standard InChI is InChI=1S/C19H35BrO3Si/c1-8-10-11-14(21)12-17-18(13-15(20)16(9-2)22-17)23-24(6,7)19(3,4)5/h8,15-18H,1,9-13H2,2-7H3/t15-,16+,17+,18+/m0/s1. The molecule has 24 heavy (non-hydrogen) atoms. The molecule has 1 fully saturated rings. The third-order valence-electron chi connectivity index (χ3n) is 5.34. The van der Waals surface area contributed by atoms with E-state index in [1.54, 1.807) is 6.08 Å². The van der Waals surface area contributed by atoms with E-state index in [9.17, 15) is 4.79 Å². The van der Waals surface area contributed by atoms with Gasteiger partial charge >= 0.3 is 0 Å². The maximum Gasteiger partial charge on any atom is 0.192 e. The Morgan fingerprint density at radius 1 is 1.38 bits per heavy atom. The number of ether oxygens (including phenoxy) is 1. The number of halogens is 1. The highest BCUT2D eigenvalue weighted by Gasteiger charge is 2.44. The van der Waals surface area contributed by atoms with Gasteiger partial charge in [0.25, 0.3) is 0 Å². The number of Topliss-reactive ketones (excluding diaryl/α,β-unsaturated/α-hetero) is 1. The van der Waals surface area contributed by atoms with Crippen LogP contribution in [0.3, 0.4) is 0 Å². The van der Waals surface area contributed by atoms with Gasteiger partial charge in [0.2, 0.25) is 0 Å². The minimum atomic E-state index is -1.90. The Kier molecular flexibility index (Phi) is 8.37. The summed E-state index contributed by atoms with van der Waals surface area (Å²) in [5, 5.41) is 0.147. The van der Waals surface area contributed by atoms with E-state index >= 15 is 0 Å². The molecule has 140 valence electrons. The first-order valence-corrected chi connectivity index (χ1v) is 12.9. The molecular formula is C19H35BrO3Si. The molecule has 0 aromatic heterocycles. The third-order valence-corrected chi connectivity index (χ3v) is 10.8. The molecule has 0 aromatic carbocycles. The van der Waals surface area contributed by atoms with Gasteiger partial charge in [0.05, 0.1) is 18.3 Å². The number of rotatable bonds is 8. The van der Waals surface area contributed by atoms with E-state index in [0.717, 1.165) is 19.3 Å². The van der Waals surface area contributed by atoms with Crippen molar-refractivity contribution in [1.82, 2.24) is 0 Å². The molecule has 0 N–H and O–H groups in total. The van der Waals surface area contributed by atoms with Gasteiger partial charge in [0.15, 0.2) is 8.32 Å². The Morgan fingerprint density at radius 2 is 2.00 bits per heavy atom. The number of allylic oxidation sites excluding steroid dienone is 1. The fourth-order valence-corrected chi connectivity index (χ4v) is 4.95. The van der Waals surface area contributed by atoms with Gasteiger partial charge in [-0.15, -0.1) is 6.58 Å². The van der Waals surface area contributed by atoms with Crippen LogP contribution < -0.4 is 0 Å². The SMILES string of the molecule is C=CCCC(=O)C[C@H]1O[C@H](CC)[C@@H](Br)C[C@H]1O[Si](C)(C)C(C)(C)C. The second-order valence-electron chi connectivity index (χ2n) is 8.36. The second kappa shape index (κ2) is 9.11. The quantitative estimate of drug-likeness (QED) is 0.290. The van der Waals surface area contributed by atoms with E-state index in [4.69, 9.17) is 9.16 Å². The number of hydrogen-bond donors (Lipinski definition) is 0. The van der Waals surface area contributed by atoms with Gasteiger partial charge in [-0.2, -0.15) is 0 Å². The molecule has 1 saturated heterocycles. The van der Waals surface area contributed by atoms with Crippen LogP contribution in [-0.4, -0.2) is 37.2 Å². The number of carbonyl (C=O) groups is 1. The monoisotopic (exact) mass is 418 g/mol. The number of alkyl halides is 1. The van der Waals surface area contributed by atoms with E-state index in [-0.39, 0.29) is 34.0 Å². The fraction of sp³-hybridized carbons (Fsp3) is 0.842. The summed E-state index contributed by atoms with van der Waals surface area (Å²) in [7, 11) is -1.90. The molecule has 5 heteroatoms. The molecule has 0 radical (unpaired) electrons. The molecule has 0 amide bonds. The van der Waals surface area contributed by atoms with Crippen LogP contribution in [0.15, 0.2) is 12.7 Å². The van der Waals surface area contributed by atoms with Crippen LogP contribution >= 0.6 is 15.9 Å². The molecule has 0 unspecified atom stereocenters. The smallest absolute Gasteiger partial charge is 0.192 e. The molecule has 1 rings (SSSR count). The second-order valence-corrected chi connectivity index (χ2v) is 14.3. The molecule has 0 bridgehead atoms. The van der Waals surface area contributed by atoms with E-state index in [1.807, 2.05) is 0 Å². The highest BCUT2D eigenvalue weighted by molar-refractivity contribution is 9.09. The lowest BCUT2D eigenvalue weighted by atomic mass is 9.95. The van der Waals surface area contributed by atoms with Crippen molar-refractivity contribution in [2.75, 3.05) is 0 Å². The first-order valence-electron chi connectivity index (χ1n) is 9.11. The van der Waals surface area contributed by atoms with Crippen molar-refractivity contribution in [2.45, 2.75) is 101 Å². The lowest BCUT2D eigenvalue weighted by Gasteiger charge is -2.45. The zero-order chi connectivity index (χ0) is 18.5. The van der Waals surface area contributed by atoms with E-state index in [1.165, 1.54) is 0 Å². The Labute approximate surface area is 157 Å². The number of ketones is 1. The average Bonchev–Trinajstić information content (AvgIpc) is 2.46. The summed E-state index contributed by atoms with van der Waals surface area (Å²) in [6, 6.07) is 0. The van der Waals surface area contributed by atoms with E-state index < -0.39 is 8.32 Å². The van der Waals surface area contributed by atoms with Crippen molar-refractivity contribution in [3.05, 3.63) is 12.7 Å². The highest BCUT2D eigenvalue weighted by atomic mass is 79.9.